The Balaban J connectivity index is 2.28. The number of hydrogen-bond acceptors (Lipinski definition) is 3. The molecule has 0 amide bonds. The molecule has 0 fully saturated rings. The fourth-order valence-corrected chi connectivity index (χ4v) is 1.59. The highest BCUT2D eigenvalue weighted by molar-refractivity contribution is 7.99. The Morgan fingerprint density at radius 1 is 1.69 bits per heavy atom. The predicted molar refractivity (Wildman–Crippen MR) is 54.7 cm³/mol. The number of thioether (sulfide) groups is 1. The van der Waals surface area contributed by atoms with Crippen LogP contribution in [0.15, 0.2) is 16.3 Å². The van der Waals surface area contributed by atoms with Crippen LogP contribution in [0, 0.1) is 6.92 Å². The van der Waals surface area contributed by atoms with Crippen LogP contribution in [-0.2, 0) is 0 Å². The number of H-pyrrole nitrogens is 1. The van der Waals surface area contributed by atoms with Crippen LogP contribution >= 0.6 is 11.8 Å². The third kappa shape index (κ3) is 3.37. The van der Waals surface area contributed by atoms with E-state index in [2.05, 4.69) is 15.0 Å². The number of aromatic amines is 1. The Morgan fingerprint density at radius 3 is 3.00 bits per heavy atom. The van der Waals surface area contributed by atoms with Gasteiger partial charge in [0.25, 0.3) is 0 Å². The summed E-state index contributed by atoms with van der Waals surface area (Å²) in [5, 5.41) is 1.01. The highest BCUT2D eigenvalue weighted by atomic mass is 32.2. The number of aryl methyl sites for hydroxylation is 1. The Bertz CT molecular complexity index is 289. The van der Waals surface area contributed by atoms with Gasteiger partial charge in [-0.3, -0.25) is 4.99 Å². The van der Waals surface area contributed by atoms with E-state index in [-0.39, 0.29) is 5.96 Å². The molecule has 0 atom stereocenters. The van der Waals surface area contributed by atoms with Crippen LogP contribution in [0.25, 0.3) is 0 Å². The molecule has 72 valence electrons. The zero-order valence-electron chi connectivity index (χ0n) is 7.45. The van der Waals surface area contributed by atoms with Gasteiger partial charge in [-0.05, 0) is 6.92 Å². The monoisotopic (exact) mass is 199 g/mol. The van der Waals surface area contributed by atoms with Crippen molar-refractivity contribution in [1.82, 2.24) is 9.97 Å². The fraction of sp³-hybridized carbons (Fsp3) is 0.429. The van der Waals surface area contributed by atoms with Crippen LogP contribution in [0.1, 0.15) is 5.69 Å². The Morgan fingerprint density at radius 2 is 2.46 bits per heavy atom. The molecule has 6 heteroatoms. The van der Waals surface area contributed by atoms with Gasteiger partial charge in [0, 0.05) is 11.4 Å². The van der Waals surface area contributed by atoms with Gasteiger partial charge < -0.3 is 16.5 Å². The maximum Gasteiger partial charge on any atom is 0.185 e. The summed E-state index contributed by atoms with van der Waals surface area (Å²) in [6, 6.07) is 0. The van der Waals surface area contributed by atoms with E-state index in [1.165, 1.54) is 0 Å². The molecule has 5 nitrogen and oxygen atoms in total. The van der Waals surface area contributed by atoms with Crippen molar-refractivity contribution in [2.75, 3.05) is 12.3 Å². The molecule has 1 aromatic rings. The lowest BCUT2D eigenvalue weighted by molar-refractivity contribution is 1.10. The van der Waals surface area contributed by atoms with Crippen molar-refractivity contribution in [3.63, 3.8) is 0 Å². The number of nitrogens with two attached hydrogens (primary N) is 2. The predicted octanol–water partition coefficient (Wildman–Crippen LogP) is 0.0836. The molecule has 0 aliphatic heterocycles. The summed E-state index contributed by atoms with van der Waals surface area (Å²) in [4.78, 5) is 11.0. The number of nitrogens with zero attached hydrogens (tertiary/aromatic N) is 2. The summed E-state index contributed by atoms with van der Waals surface area (Å²) in [5.41, 5.74) is 11.4. The topological polar surface area (TPSA) is 93.1 Å². The van der Waals surface area contributed by atoms with E-state index >= 15 is 0 Å². The smallest absolute Gasteiger partial charge is 0.185 e. The summed E-state index contributed by atoms with van der Waals surface area (Å²) in [7, 11) is 0. The molecule has 1 heterocycles. The number of aromatic nitrogens is 2. The molecule has 0 saturated carbocycles. The lowest BCUT2D eigenvalue weighted by Crippen LogP contribution is -2.23. The van der Waals surface area contributed by atoms with Gasteiger partial charge in [0.2, 0.25) is 0 Å². The van der Waals surface area contributed by atoms with Crippen LogP contribution in [-0.4, -0.2) is 28.2 Å². The van der Waals surface area contributed by atoms with Crippen LogP contribution < -0.4 is 11.5 Å². The van der Waals surface area contributed by atoms with E-state index < -0.39 is 0 Å². The first-order valence-electron chi connectivity index (χ1n) is 3.88. The molecule has 0 spiro atoms. The molecular formula is C7H13N5S. The number of aliphatic imine (C=N–C) groups is 1. The molecule has 0 bridgehead atoms. The van der Waals surface area contributed by atoms with Gasteiger partial charge >= 0.3 is 0 Å². The average molecular weight is 199 g/mol. The van der Waals surface area contributed by atoms with E-state index in [9.17, 15) is 0 Å². The van der Waals surface area contributed by atoms with Gasteiger partial charge in [0.1, 0.15) is 5.03 Å². The van der Waals surface area contributed by atoms with Crippen LogP contribution in [0.4, 0.5) is 0 Å². The Kier molecular flexibility index (Phi) is 3.63. The molecular weight excluding hydrogens is 186 g/mol. The highest BCUT2D eigenvalue weighted by Gasteiger charge is 1.99. The zero-order chi connectivity index (χ0) is 9.68. The summed E-state index contributed by atoms with van der Waals surface area (Å²) in [5.74, 6) is 0.975. The minimum absolute atomic E-state index is 0.138. The van der Waals surface area contributed by atoms with Gasteiger partial charge in [-0.1, -0.05) is 0 Å². The van der Waals surface area contributed by atoms with Gasteiger partial charge in [0.05, 0.1) is 12.9 Å². The second-order valence-corrected chi connectivity index (χ2v) is 3.57. The second kappa shape index (κ2) is 4.76. The van der Waals surface area contributed by atoms with Gasteiger partial charge in [0.15, 0.2) is 5.96 Å². The Hall–Kier alpha value is -1.17. The van der Waals surface area contributed by atoms with E-state index in [1.54, 1.807) is 18.1 Å². The Labute approximate surface area is 81.0 Å². The van der Waals surface area contributed by atoms with E-state index in [1.807, 2.05) is 6.92 Å². The van der Waals surface area contributed by atoms with E-state index in [0.29, 0.717) is 6.54 Å². The fourth-order valence-electron chi connectivity index (χ4n) is 0.809. The third-order valence-electron chi connectivity index (χ3n) is 1.41. The normalized spacial score (nSPS) is 9.92. The number of guanidine groups is 1. The van der Waals surface area contributed by atoms with Crippen molar-refractivity contribution in [2.45, 2.75) is 11.9 Å². The lowest BCUT2D eigenvalue weighted by Gasteiger charge is -1.96. The molecule has 5 N–H and O–H groups in total. The first-order chi connectivity index (χ1) is 6.20. The van der Waals surface area contributed by atoms with Gasteiger partial charge in [-0.25, -0.2) is 4.98 Å². The number of rotatable bonds is 4. The van der Waals surface area contributed by atoms with Gasteiger partial charge in [-0.15, -0.1) is 11.8 Å². The average Bonchev–Trinajstić information content (AvgIpc) is 2.45. The van der Waals surface area contributed by atoms with Crippen molar-refractivity contribution in [2.24, 2.45) is 16.5 Å². The van der Waals surface area contributed by atoms with Crippen LogP contribution in [0.3, 0.4) is 0 Å². The molecule has 0 unspecified atom stereocenters. The van der Waals surface area contributed by atoms with Crippen LogP contribution in [0.2, 0.25) is 0 Å². The second-order valence-electron chi connectivity index (χ2n) is 2.49. The number of imidazole rings is 1. The first kappa shape index (κ1) is 9.91. The zero-order valence-corrected chi connectivity index (χ0v) is 8.27. The first-order valence-corrected chi connectivity index (χ1v) is 4.87. The molecule has 0 aliphatic carbocycles. The number of nitrogens with one attached hydrogen (secondary N) is 1. The maximum absolute atomic E-state index is 5.18. The molecule has 0 aliphatic rings. The summed E-state index contributed by atoms with van der Waals surface area (Å²) in [6.07, 6.45) is 1.68. The molecule has 1 aromatic heterocycles. The van der Waals surface area contributed by atoms with Crippen LogP contribution in [0.5, 0.6) is 0 Å². The largest absolute Gasteiger partial charge is 0.370 e. The van der Waals surface area contributed by atoms with Crippen molar-refractivity contribution in [3.8, 4) is 0 Å². The van der Waals surface area contributed by atoms with E-state index in [4.69, 9.17) is 11.5 Å². The lowest BCUT2D eigenvalue weighted by atomic mass is 10.6. The van der Waals surface area contributed by atoms with Crippen molar-refractivity contribution in [1.29, 1.82) is 0 Å². The SMILES string of the molecule is Cc1[nH]cnc1SCCN=C(N)N. The number of hydrogen-bond donors (Lipinski definition) is 3. The van der Waals surface area contributed by atoms with Crippen molar-refractivity contribution >= 4 is 17.7 Å². The quantitative estimate of drug-likeness (QED) is 0.277. The maximum atomic E-state index is 5.18. The summed E-state index contributed by atoms with van der Waals surface area (Å²) < 4.78 is 0. The van der Waals surface area contributed by atoms with Crippen molar-refractivity contribution < 1.29 is 0 Å². The molecule has 13 heavy (non-hydrogen) atoms. The summed E-state index contributed by atoms with van der Waals surface area (Å²) in [6.45, 7) is 2.61. The molecule has 0 radical (unpaired) electrons. The van der Waals surface area contributed by atoms with Gasteiger partial charge in [-0.2, -0.15) is 0 Å². The van der Waals surface area contributed by atoms with E-state index in [0.717, 1.165) is 16.5 Å². The highest BCUT2D eigenvalue weighted by Crippen LogP contribution is 2.17. The summed E-state index contributed by atoms with van der Waals surface area (Å²) >= 11 is 1.64. The molecule has 1 rings (SSSR count). The molecule has 0 saturated heterocycles. The van der Waals surface area contributed by atoms with Crippen molar-refractivity contribution in [3.05, 3.63) is 12.0 Å². The third-order valence-corrected chi connectivity index (χ3v) is 2.48. The minimum atomic E-state index is 0.138. The standard InChI is InChI=1S/C7H13N5S/c1-5-6(12-4-11-5)13-3-2-10-7(8)9/h4H,2-3H2,1H3,(H,11,12)(H4,8,9,10). The minimum Gasteiger partial charge on any atom is -0.370 e. The molecule has 0 aromatic carbocycles.